The molecule has 5 rings (SSSR count). The topological polar surface area (TPSA) is 59.1 Å². The van der Waals surface area contributed by atoms with Crippen molar-refractivity contribution in [3.8, 4) is 11.5 Å². The van der Waals surface area contributed by atoms with Crippen LogP contribution in [0.3, 0.4) is 0 Å². The zero-order valence-electron chi connectivity index (χ0n) is 12.8. The third-order valence-corrected chi connectivity index (χ3v) is 4.66. The summed E-state index contributed by atoms with van der Waals surface area (Å²) in [4.78, 5) is 28.9. The molecule has 0 atom stereocenters. The Balaban J connectivity index is 1.72. The van der Waals surface area contributed by atoms with E-state index in [0.717, 1.165) is 0 Å². The molecule has 1 spiro atoms. The van der Waals surface area contributed by atoms with Crippen molar-refractivity contribution in [2.75, 3.05) is 13.1 Å². The van der Waals surface area contributed by atoms with Crippen LogP contribution in [-0.2, 0) is 0 Å². The molecule has 2 amide bonds. The average Bonchev–Trinajstić information content (AvgIpc) is 2.61. The molecule has 1 fully saturated rings. The number of nitrogens with zero attached hydrogens (tertiary/aromatic N) is 2. The Morgan fingerprint density at radius 1 is 0.750 bits per heavy atom. The van der Waals surface area contributed by atoms with Gasteiger partial charge in [0.1, 0.15) is 11.5 Å². The molecule has 0 saturated carbocycles. The zero-order chi connectivity index (χ0) is 16.3. The summed E-state index contributed by atoms with van der Waals surface area (Å²) in [6, 6.07) is 12.5. The van der Waals surface area contributed by atoms with E-state index in [1.54, 1.807) is 48.5 Å². The first-order chi connectivity index (χ1) is 11.7. The highest BCUT2D eigenvalue weighted by atomic mass is 16.8. The lowest BCUT2D eigenvalue weighted by atomic mass is 10.1. The second-order valence-corrected chi connectivity index (χ2v) is 6.01. The van der Waals surface area contributed by atoms with E-state index in [2.05, 4.69) is 0 Å². The molecule has 3 heterocycles. The predicted octanol–water partition coefficient (Wildman–Crippen LogP) is 2.07. The first-order valence-corrected chi connectivity index (χ1v) is 7.91. The molecule has 0 N–H and O–H groups in total. The molecule has 6 heteroatoms. The van der Waals surface area contributed by atoms with Crippen molar-refractivity contribution in [3.05, 3.63) is 59.7 Å². The fourth-order valence-corrected chi connectivity index (χ4v) is 3.56. The number of benzene rings is 2. The van der Waals surface area contributed by atoms with Crippen molar-refractivity contribution >= 4 is 11.8 Å². The van der Waals surface area contributed by atoms with Crippen LogP contribution in [0.2, 0.25) is 0 Å². The fraction of sp³-hybridized carbons (Fsp3) is 0.222. The van der Waals surface area contributed by atoms with Gasteiger partial charge in [-0.05, 0) is 30.7 Å². The van der Waals surface area contributed by atoms with Gasteiger partial charge in [-0.2, -0.15) is 0 Å². The molecule has 2 aromatic carbocycles. The van der Waals surface area contributed by atoms with Crippen LogP contribution in [0.15, 0.2) is 48.5 Å². The van der Waals surface area contributed by atoms with Crippen molar-refractivity contribution in [1.82, 2.24) is 9.80 Å². The van der Waals surface area contributed by atoms with Gasteiger partial charge in [0.2, 0.25) is 0 Å². The molecule has 0 aliphatic carbocycles. The standard InChI is InChI=1S/C18H14N2O4/c21-16-12-6-1-3-8-14(12)23-18-19(16)10-5-11-20(18)17(22)13-7-2-4-9-15(13)24-18/h1-4,6-9H,5,10-11H2. The number of rotatable bonds is 0. The van der Waals surface area contributed by atoms with Gasteiger partial charge in [0.05, 0.1) is 11.1 Å². The summed E-state index contributed by atoms with van der Waals surface area (Å²) in [6.45, 7) is 0.943. The van der Waals surface area contributed by atoms with Crippen LogP contribution >= 0.6 is 0 Å². The van der Waals surface area contributed by atoms with Gasteiger partial charge in [-0.1, -0.05) is 24.3 Å². The van der Waals surface area contributed by atoms with Crippen LogP contribution in [0.1, 0.15) is 27.1 Å². The van der Waals surface area contributed by atoms with Gasteiger partial charge in [0, 0.05) is 13.1 Å². The lowest BCUT2D eigenvalue weighted by Gasteiger charge is -2.54. The normalized spacial score (nSPS) is 20.2. The Labute approximate surface area is 138 Å². The van der Waals surface area contributed by atoms with Gasteiger partial charge in [-0.25, -0.2) is 9.80 Å². The number of para-hydroxylation sites is 2. The number of carbonyl (C=O) groups excluding carboxylic acids is 2. The Morgan fingerprint density at radius 3 is 1.71 bits per heavy atom. The summed E-state index contributed by atoms with van der Waals surface area (Å²) in [5, 5.41) is 0. The van der Waals surface area contributed by atoms with Crippen LogP contribution < -0.4 is 9.47 Å². The first-order valence-electron chi connectivity index (χ1n) is 7.91. The quantitative estimate of drug-likeness (QED) is 0.745. The highest BCUT2D eigenvalue weighted by molar-refractivity contribution is 6.01. The van der Waals surface area contributed by atoms with E-state index in [0.29, 0.717) is 42.1 Å². The van der Waals surface area contributed by atoms with Gasteiger partial charge in [0.25, 0.3) is 11.8 Å². The number of ether oxygens (including phenoxy) is 2. The lowest BCUT2D eigenvalue weighted by Crippen LogP contribution is -2.76. The number of carbonyl (C=O) groups is 2. The molecule has 2 aromatic rings. The van der Waals surface area contributed by atoms with Crippen LogP contribution in [0.5, 0.6) is 11.5 Å². The van der Waals surface area contributed by atoms with E-state index in [-0.39, 0.29) is 11.8 Å². The zero-order valence-corrected chi connectivity index (χ0v) is 12.8. The summed E-state index contributed by atoms with van der Waals surface area (Å²) in [7, 11) is 0. The van der Waals surface area contributed by atoms with Crippen molar-refractivity contribution in [2.24, 2.45) is 0 Å². The van der Waals surface area contributed by atoms with E-state index in [1.807, 2.05) is 0 Å². The van der Waals surface area contributed by atoms with E-state index in [1.165, 1.54) is 9.80 Å². The van der Waals surface area contributed by atoms with Gasteiger partial charge in [0.15, 0.2) is 0 Å². The second kappa shape index (κ2) is 4.50. The Hall–Kier alpha value is -3.02. The van der Waals surface area contributed by atoms with Crippen LogP contribution in [0, 0.1) is 0 Å². The molecule has 0 unspecified atom stereocenters. The van der Waals surface area contributed by atoms with Gasteiger partial charge in [-0.3, -0.25) is 9.59 Å². The number of fused-ring (bicyclic) bond motifs is 2. The SMILES string of the molecule is O=C1c2ccccc2OC23Oc4ccccc4C(=O)N2CCCN13. The second-order valence-electron chi connectivity index (χ2n) is 6.01. The third kappa shape index (κ3) is 1.55. The van der Waals surface area contributed by atoms with Crippen LogP contribution in [0.25, 0.3) is 0 Å². The molecule has 1 saturated heterocycles. The monoisotopic (exact) mass is 322 g/mol. The van der Waals surface area contributed by atoms with Crippen molar-refractivity contribution in [2.45, 2.75) is 12.5 Å². The predicted molar refractivity (Wildman–Crippen MR) is 83.6 cm³/mol. The van der Waals surface area contributed by atoms with E-state index in [4.69, 9.17) is 9.47 Å². The van der Waals surface area contributed by atoms with Crippen molar-refractivity contribution in [1.29, 1.82) is 0 Å². The lowest BCUT2D eigenvalue weighted by molar-refractivity contribution is -0.301. The molecule has 0 bridgehead atoms. The van der Waals surface area contributed by atoms with E-state index < -0.39 is 6.03 Å². The van der Waals surface area contributed by atoms with E-state index >= 15 is 0 Å². The van der Waals surface area contributed by atoms with Gasteiger partial charge < -0.3 is 9.47 Å². The summed E-state index contributed by atoms with van der Waals surface area (Å²) in [6.07, 6.45) is 0.677. The maximum Gasteiger partial charge on any atom is 0.440 e. The first kappa shape index (κ1) is 13.4. The molecule has 6 nitrogen and oxygen atoms in total. The number of hydrogen-bond acceptors (Lipinski definition) is 4. The summed E-state index contributed by atoms with van der Waals surface area (Å²) < 4.78 is 12.2. The number of amides is 2. The fourth-order valence-electron chi connectivity index (χ4n) is 3.56. The molecule has 120 valence electrons. The smallest absolute Gasteiger partial charge is 0.417 e. The molecule has 0 radical (unpaired) electrons. The highest BCUT2D eigenvalue weighted by Crippen LogP contribution is 2.43. The molecule has 3 aliphatic rings. The average molecular weight is 322 g/mol. The maximum atomic E-state index is 12.9. The van der Waals surface area contributed by atoms with E-state index in [9.17, 15) is 9.59 Å². The molecular formula is C18H14N2O4. The minimum Gasteiger partial charge on any atom is -0.417 e. The minimum atomic E-state index is -1.53. The molecule has 24 heavy (non-hydrogen) atoms. The van der Waals surface area contributed by atoms with Crippen molar-refractivity contribution < 1.29 is 19.1 Å². The summed E-state index contributed by atoms with van der Waals surface area (Å²) in [5.74, 6) is 0.484. The minimum absolute atomic E-state index is 0.186. The van der Waals surface area contributed by atoms with Crippen LogP contribution in [0.4, 0.5) is 0 Å². The van der Waals surface area contributed by atoms with Gasteiger partial charge in [-0.15, -0.1) is 0 Å². The Bertz CT molecular complexity index is 807. The molecule has 0 aromatic heterocycles. The highest BCUT2D eigenvalue weighted by Gasteiger charge is 2.60. The van der Waals surface area contributed by atoms with Crippen LogP contribution in [-0.4, -0.2) is 40.7 Å². The molecule has 3 aliphatic heterocycles. The molecular weight excluding hydrogens is 308 g/mol. The number of hydrogen-bond donors (Lipinski definition) is 0. The van der Waals surface area contributed by atoms with Gasteiger partial charge >= 0.3 is 6.03 Å². The Morgan fingerprint density at radius 2 is 1.21 bits per heavy atom. The largest absolute Gasteiger partial charge is 0.440 e. The van der Waals surface area contributed by atoms with Crippen molar-refractivity contribution in [3.63, 3.8) is 0 Å². The summed E-state index contributed by atoms with van der Waals surface area (Å²) in [5.41, 5.74) is 0.972. The Kier molecular flexibility index (Phi) is 2.52. The third-order valence-electron chi connectivity index (χ3n) is 4.66. The maximum absolute atomic E-state index is 12.9. The summed E-state index contributed by atoms with van der Waals surface area (Å²) >= 11 is 0.